The molecule has 1 unspecified atom stereocenters. The third kappa shape index (κ3) is 4.96. The number of nitrogens with zero attached hydrogens (tertiary/aromatic N) is 5. The second-order valence-corrected chi connectivity index (χ2v) is 9.31. The van der Waals surface area contributed by atoms with Crippen molar-refractivity contribution in [2.75, 3.05) is 31.6 Å². The molecule has 0 spiro atoms. The molecule has 1 saturated heterocycles. The van der Waals surface area contributed by atoms with Crippen LogP contribution in [0.25, 0.3) is 11.0 Å². The largest absolute Gasteiger partial charge is 0.371 e. The predicted molar refractivity (Wildman–Crippen MR) is 124 cm³/mol. The average molecular weight is 404 g/mol. The summed E-state index contributed by atoms with van der Waals surface area (Å²) in [5.41, 5.74) is 7.11. The summed E-state index contributed by atoms with van der Waals surface area (Å²) >= 11 is 0. The summed E-state index contributed by atoms with van der Waals surface area (Å²) in [5, 5.41) is 0. The molecule has 0 amide bonds. The van der Waals surface area contributed by atoms with Crippen molar-refractivity contribution in [3.63, 3.8) is 0 Å². The van der Waals surface area contributed by atoms with Gasteiger partial charge < -0.3 is 9.80 Å². The van der Waals surface area contributed by atoms with Crippen LogP contribution in [0.5, 0.6) is 0 Å². The van der Waals surface area contributed by atoms with Crippen LogP contribution >= 0.6 is 0 Å². The molecule has 0 aliphatic carbocycles. The van der Waals surface area contributed by atoms with Crippen LogP contribution in [0.15, 0.2) is 42.7 Å². The molecule has 0 saturated carbocycles. The van der Waals surface area contributed by atoms with E-state index in [1.165, 1.54) is 30.5 Å². The van der Waals surface area contributed by atoms with E-state index in [9.17, 15) is 0 Å². The van der Waals surface area contributed by atoms with Crippen LogP contribution in [-0.2, 0) is 6.54 Å². The minimum Gasteiger partial charge on any atom is -0.371 e. The highest BCUT2D eigenvalue weighted by molar-refractivity contribution is 5.74. The molecular formula is C25H33N5. The molecule has 1 aliphatic rings. The fraction of sp³-hybridized carbons (Fsp3) is 0.480. The Morgan fingerprint density at radius 2 is 1.77 bits per heavy atom. The smallest absolute Gasteiger partial charge is 0.0890 e. The van der Waals surface area contributed by atoms with Gasteiger partial charge in [0.25, 0.3) is 0 Å². The lowest BCUT2D eigenvalue weighted by atomic mass is 9.78. The Morgan fingerprint density at radius 3 is 2.53 bits per heavy atom. The summed E-state index contributed by atoms with van der Waals surface area (Å²) in [7, 11) is 2.22. The Bertz CT molecular complexity index is 997. The van der Waals surface area contributed by atoms with Crippen molar-refractivity contribution in [3.05, 3.63) is 59.7 Å². The number of aryl methyl sites for hydroxylation is 2. The summed E-state index contributed by atoms with van der Waals surface area (Å²) in [4.78, 5) is 18.3. The highest BCUT2D eigenvalue weighted by Crippen LogP contribution is 2.35. The van der Waals surface area contributed by atoms with Crippen LogP contribution in [0.1, 0.15) is 43.1 Å². The molecular weight excluding hydrogens is 370 g/mol. The van der Waals surface area contributed by atoms with Gasteiger partial charge in [0.05, 0.1) is 11.0 Å². The number of pyridine rings is 1. The van der Waals surface area contributed by atoms with E-state index in [2.05, 4.69) is 82.9 Å². The maximum atomic E-state index is 4.54. The van der Waals surface area contributed by atoms with Gasteiger partial charge in [-0.2, -0.15) is 0 Å². The lowest BCUT2D eigenvalue weighted by molar-refractivity contribution is 0.196. The van der Waals surface area contributed by atoms with Gasteiger partial charge in [-0.3, -0.25) is 15.0 Å². The Balaban J connectivity index is 1.36. The molecule has 1 aliphatic heterocycles. The Morgan fingerprint density at radius 1 is 1.03 bits per heavy atom. The zero-order valence-electron chi connectivity index (χ0n) is 18.7. The zero-order chi connectivity index (χ0) is 21.1. The van der Waals surface area contributed by atoms with Gasteiger partial charge in [0, 0.05) is 49.1 Å². The van der Waals surface area contributed by atoms with Gasteiger partial charge in [-0.15, -0.1) is 0 Å². The number of rotatable bonds is 6. The number of hydrogen-bond donors (Lipinski definition) is 0. The summed E-state index contributed by atoms with van der Waals surface area (Å²) in [5.74, 6) is 0. The van der Waals surface area contributed by atoms with Crippen molar-refractivity contribution in [2.45, 2.75) is 46.6 Å². The van der Waals surface area contributed by atoms with E-state index in [1.807, 2.05) is 0 Å². The molecule has 0 N–H and O–H groups in total. The maximum absolute atomic E-state index is 4.54. The fourth-order valence-corrected chi connectivity index (χ4v) is 4.69. The van der Waals surface area contributed by atoms with Crippen LogP contribution in [0.3, 0.4) is 0 Å². The third-order valence-electron chi connectivity index (χ3n) is 6.30. The van der Waals surface area contributed by atoms with Gasteiger partial charge in [-0.05, 0) is 81.9 Å². The monoisotopic (exact) mass is 403 g/mol. The van der Waals surface area contributed by atoms with Crippen molar-refractivity contribution in [2.24, 2.45) is 5.41 Å². The molecule has 4 rings (SSSR count). The van der Waals surface area contributed by atoms with Gasteiger partial charge in [-0.25, -0.2) is 0 Å². The first-order chi connectivity index (χ1) is 14.4. The highest BCUT2D eigenvalue weighted by Gasteiger charge is 2.31. The van der Waals surface area contributed by atoms with Crippen molar-refractivity contribution < 1.29 is 0 Å². The van der Waals surface area contributed by atoms with Crippen molar-refractivity contribution in [1.29, 1.82) is 0 Å². The molecule has 30 heavy (non-hydrogen) atoms. The quantitative estimate of drug-likeness (QED) is 0.593. The van der Waals surface area contributed by atoms with E-state index >= 15 is 0 Å². The Labute approximate surface area is 180 Å². The molecule has 1 atom stereocenters. The van der Waals surface area contributed by atoms with Gasteiger partial charge in [0.2, 0.25) is 0 Å². The second kappa shape index (κ2) is 8.68. The molecule has 1 aromatic carbocycles. The number of benzene rings is 1. The molecule has 158 valence electrons. The van der Waals surface area contributed by atoms with Crippen LogP contribution in [-0.4, -0.2) is 46.5 Å². The minimum absolute atomic E-state index is 0.340. The topological polar surface area (TPSA) is 45.2 Å². The van der Waals surface area contributed by atoms with Crippen LogP contribution in [0.4, 0.5) is 5.69 Å². The lowest BCUT2D eigenvalue weighted by Gasteiger charge is -2.42. The number of anilines is 1. The summed E-state index contributed by atoms with van der Waals surface area (Å²) in [6.07, 6.45) is 7.26. The summed E-state index contributed by atoms with van der Waals surface area (Å²) in [6, 6.07) is 10.9. The molecule has 3 aromatic rings. The molecule has 5 heteroatoms. The predicted octanol–water partition coefficient (Wildman–Crippen LogP) is 4.77. The zero-order valence-corrected chi connectivity index (χ0v) is 18.7. The first kappa shape index (κ1) is 20.7. The van der Waals surface area contributed by atoms with Crippen molar-refractivity contribution >= 4 is 16.7 Å². The molecule has 0 radical (unpaired) electrons. The Kier molecular flexibility index (Phi) is 6.00. The van der Waals surface area contributed by atoms with Crippen LogP contribution in [0, 0.1) is 19.3 Å². The minimum atomic E-state index is 0.340. The number of aromatic nitrogens is 3. The van der Waals surface area contributed by atoms with E-state index in [-0.39, 0.29) is 0 Å². The van der Waals surface area contributed by atoms with E-state index in [4.69, 9.17) is 0 Å². The average Bonchev–Trinajstić information content (AvgIpc) is 2.72. The van der Waals surface area contributed by atoms with E-state index in [0.29, 0.717) is 5.41 Å². The first-order valence-electron chi connectivity index (χ1n) is 11.0. The Hall–Kier alpha value is -2.53. The second-order valence-electron chi connectivity index (χ2n) is 9.31. The number of piperidine rings is 1. The van der Waals surface area contributed by atoms with E-state index in [0.717, 1.165) is 48.6 Å². The van der Waals surface area contributed by atoms with E-state index < -0.39 is 0 Å². The summed E-state index contributed by atoms with van der Waals surface area (Å²) < 4.78 is 0. The van der Waals surface area contributed by atoms with Gasteiger partial charge in [0.15, 0.2) is 0 Å². The van der Waals surface area contributed by atoms with Gasteiger partial charge in [-0.1, -0.05) is 13.0 Å². The van der Waals surface area contributed by atoms with Crippen LogP contribution < -0.4 is 4.90 Å². The molecule has 1 fully saturated rings. The summed E-state index contributed by atoms with van der Waals surface area (Å²) in [6.45, 7) is 10.9. The fourth-order valence-electron chi connectivity index (χ4n) is 4.69. The standard InChI is InChI=1S/C25H33N5/c1-19-14-22(15-20(2)28-19)30-12-5-8-25(3,18-30)9-13-29(4)17-21-6-7-23-24(16-21)27-11-10-26-23/h6-7,10-11,14-16H,5,8-9,12-13,17-18H2,1-4H3. The van der Waals surface area contributed by atoms with E-state index in [1.54, 1.807) is 12.4 Å². The van der Waals surface area contributed by atoms with Crippen molar-refractivity contribution in [3.8, 4) is 0 Å². The maximum Gasteiger partial charge on any atom is 0.0890 e. The van der Waals surface area contributed by atoms with Crippen molar-refractivity contribution in [1.82, 2.24) is 19.9 Å². The number of fused-ring (bicyclic) bond motifs is 1. The van der Waals surface area contributed by atoms with Gasteiger partial charge in [0.1, 0.15) is 0 Å². The molecule has 0 bridgehead atoms. The lowest BCUT2D eigenvalue weighted by Crippen LogP contribution is -2.43. The molecule has 5 nitrogen and oxygen atoms in total. The van der Waals surface area contributed by atoms with Crippen LogP contribution in [0.2, 0.25) is 0 Å². The normalized spacial score (nSPS) is 19.6. The SMILES string of the molecule is Cc1cc(N2CCCC(C)(CCN(C)Cc3ccc4nccnc4c3)C2)cc(C)n1. The molecule has 2 aromatic heterocycles. The number of hydrogen-bond acceptors (Lipinski definition) is 5. The van der Waals surface area contributed by atoms with Gasteiger partial charge >= 0.3 is 0 Å². The third-order valence-corrected chi connectivity index (χ3v) is 6.30. The first-order valence-corrected chi connectivity index (χ1v) is 11.0. The molecule has 3 heterocycles. The highest BCUT2D eigenvalue weighted by atomic mass is 15.2.